The highest BCUT2D eigenvalue weighted by molar-refractivity contribution is 7.15. The normalized spacial score (nSPS) is 19.6. The lowest BCUT2D eigenvalue weighted by atomic mass is 9.91. The van der Waals surface area contributed by atoms with E-state index in [1.54, 1.807) is 11.3 Å². The lowest BCUT2D eigenvalue weighted by Gasteiger charge is -2.36. The van der Waals surface area contributed by atoms with Crippen LogP contribution in [0.3, 0.4) is 0 Å². The van der Waals surface area contributed by atoms with Gasteiger partial charge >= 0.3 is 6.18 Å². The Labute approximate surface area is 142 Å². The summed E-state index contributed by atoms with van der Waals surface area (Å²) < 4.78 is 37.8. The molecule has 0 saturated heterocycles. The van der Waals surface area contributed by atoms with Crippen molar-refractivity contribution in [2.45, 2.75) is 44.3 Å². The number of hydrogen-bond donors (Lipinski definition) is 0. The third-order valence-corrected chi connectivity index (χ3v) is 6.14. The van der Waals surface area contributed by atoms with Crippen LogP contribution in [-0.2, 0) is 19.0 Å². The molecule has 0 spiro atoms. The van der Waals surface area contributed by atoms with Gasteiger partial charge in [0.15, 0.2) is 0 Å². The lowest BCUT2D eigenvalue weighted by molar-refractivity contribution is -0.141. The number of alkyl halides is 3. The van der Waals surface area contributed by atoms with E-state index in [4.69, 9.17) is 0 Å². The van der Waals surface area contributed by atoms with Crippen LogP contribution < -0.4 is 0 Å². The van der Waals surface area contributed by atoms with E-state index in [0.717, 1.165) is 48.7 Å². The van der Waals surface area contributed by atoms with Crippen LogP contribution in [0.2, 0.25) is 0 Å². The fraction of sp³-hybridized carbons (Fsp3) is 0.529. The summed E-state index contributed by atoms with van der Waals surface area (Å²) >= 11 is 1.60. The van der Waals surface area contributed by atoms with Gasteiger partial charge in [-0.1, -0.05) is 6.42 Å². The van der Waals surface area contributed by atoms with E-state index < -0.39 is 11.9 Å². The van der Waals surface area contributed by atoms with Crippen molar-refractivity contribution < 1.29 is 13.2 Å². The summed E-state index contributed by atoms with van der Waals surface area (Å²) in [7, 11) is 0. The fourth-order valence-corrected chi connectivity index (χ4v) is 4.40. The van der Waals surface area contributed by atoms with Crippen molar-refractivity contribution >= 4 is 11.3 Å². The number of rotatable bonds is 2. The van der Waals surface area contributed by atoms with Crippen LogP contribution in [-0.4, -0.2) is 34.0 Å². The number of pyridine rings is 1. The summed E-state index contributed by atoms with van der Waals surface area (Å²) in [5.41, 5.74) is 0.911. The molecule has 1 saturated carbocycles. The van der Waals surface area contributed by atoms with Crippen LogP contribution in [0.4, 0.5) is 13.2 Å². The molecule has 2 aromatic heterocycles. The molecule has 128 valence electrons. The molecule has 1 aliphatic heterocycles. The molecule has 2 aromatic rings. The number of fused-ring (bicyclic) bond motifs is 1. The van der Waals surface area contributed by atoms with Gasteiger partial charge in [0.25, 0.3) is 0 Å². The zero-order valence-electron chi connectivity index (χ0n) is 13.1. The maximum atomic E-state index is 12.6. The van der Waals surface area contributed by atoms with Gasteiger partial charge in [-0.15, -0.1) is 11.3 Å². The first-order valence-corrected chi connectivity index (χ1v) is 9.08. The summed E-state index contributed by atoms with van der Waals surface area (Å²) in [6, 6.07) is 3.24. The van der Waals surface area contributed by atoms with Crippen LogP contribution in [0.25, 0.3) is 10.6 Å². The molecule has 0 radical (unpaired) electrons. The number of halogens is 3. The second kappa shape index (κ2) is 6.11. The summed E-state index contributed by atoms with van der Waals surface area (Å²) in [5.74, 6) is 0. The topological polar surface area (TPSA) is 29.0 Å². The van der Waals surface area contributed by atoms with Gasteiger partial charge in [0.05, 0.1) is 5.69 Å². The molecule has 7 heteroatoms. The molecule has 24 heavy (non-hydrogen) atoms. The third-order valence-electron chi connectivity index (χ3n) is 4.93. The first-order chi connectivity index (χ1) is 11.5. The van der Waals surface area contributed by atoms with Crippen molar-refractivity contribution in [3.63, 3.8) is 0 Å². The molecule has 0 atom stereocenters. The second-order valence-electron chi connectivity index (χ2n) is 6.44. The molecule has 0 N–H and O–H groups in total. The highest BCUT2D eigenvalue weighted by atomic mass is 32.1. The van der Waals surface area contributed by atoms with E-state index in [9.17, 15) is 13.2 Å². The molecule has 4 rings (SSSR count). The van der Waals surface area contributed by atoms with Crippen molar-refractivity contribution in [2.75, 3.05) is 13.1 Å². The van der Waals surface area contributed by atoms with E-state index in [2.05, 4.69) is 14.9 Å². The Morgan fingerprint density at radius 3 is 2.54 bits per heavy atom. The maximum Gasteiger partial charge on any atom is 0.433 e. The van der Waals surface area contributed by atoms with Gasteiger partial charge in [-0.05, 0) is 31.4 Å². The highest BCUT2D eigenvalue weighted by Crippen LogP contribution is 2.34. The number of thiazole rings is 1. The van der Waals surface area contributed by atoms with Gasteiger partial charge in [-0.25, -0.2) is 4.98 Å². The maximum absolute atomic E-state index is 12.6. The van der Waals surface area contributed by atoms with Crippen LogP contribution in [0.5, 0.6) is 0 Å². The van der Waals surface area contributed by atoms with Gasteiger partial charge in [0.2, 0.25) is 0 Å². The molecule has 3 nitrogen and oxygen atoms in total. The molecular weight excluding hydrogens is 335 g/mol. The number of hydrogen-bond acceptors (Lipinski definition) is 4. The molecular formula is C17H18F3N3S. The molecule has 0 unspecified atom stereocenters. The Morgan fingerprint density at radius 1 is 1.12 bits per heavy atom. The molecule has 0 aromatic carbocycles. The first-order valence-electron chi connectivity index (χ1n) is 8.27. The van der Waals surface area contributed by atoms with Crippen molar-refractivity contribution in [1.29, 1.82) is 0 Å². The van der Waals surface area contributed by atoms with Gasteiger partial charge in [-0.3, -0.25) is 9.88 Å². The molecule has 2 aliphatic rings. The third kappa shape index (κ3) is 3.07. The standard InChI is InChI=1S/C17H18F3N3S/c18-17(19,20)15-5-4-11(10-21-15)16-22-13-6-8-23(12-2-1-3-12)9-7-14(13)24-16/h4-5,10,12H,1-3,6-9H2. The second-order valence-corrected chi connectivity index (χ2v) is 7.52. The Bertz CT molecular complexity index is 694. The molecule has 0 bridgehead atoms. The van der Waals surface area contributed by atoms with Crippen LogP contribution in [0, 0.1) is 0 Å². The fourth-order valence-electron chi connectivity index (χ4n) is 3.31. The summed E-state index contributed by atoms with van der Waals surface area (Å²) in [5, 5.41) is 0.776. The molecule has 0 amide bonds. The van der Waals surface area contributed by atoms with Gasteiger partial charge < -0.3 is 0 Å². The predicted molar refractivity (Wildman–Crippen MR) is 87.0 cm³/mol. The zero-order chi connectivity index (χ0) is 16.7. The Balaban J connectivity index is 1.51. The largest absolute Gasteiger partial charge is 0.433 e. The van der Waals surface area contributed by atoms with Gasteiger partial charge in [0.1, 0.15) is 10.7 Å². The Hall–Kier alpha value is -1.47. The quantitative estimate of drug-likeness (QED) is 0.811. The van der Waals surface area contributed by atoms with Crippen LogP contribution in [0.1, 0.15) is 35.5 Å². The van der Waals surface area contributed by atoms with Crippen LogP contribution >= 0.6 is 11.3 Å². The van der Waals surface area contributed by atoms with Crippen molar-refractivity contribution in [3.8, 4) is 10.6 Å². The number of nitrogens with zero attached hydrogens (tertiary/aromatic N) is 3. The SMILES string of the molecule is FC(F)(F)c1ccc(-c2nc3c(s2)CCN(C2CCC2)CC3)cn1. The number of aromatic nitrogens is 2. The van der Waals surface area contributed by atoms with E-state index in [1.165, 1.54) is 36.4 Å². The summed E-state index contributed by atoms with van der Waals surface area (Å²) in [4.78, 5) is 12.1. The first kappa shape index (κ1) is 16.0. The zero-order valence-corrected chi connectivity index (χ0v) is 14.0. The van der Waals surface area contributed by atoms with Gasteiger partial charge in [0, 0.05) is 42.2 Å². The predicted octanol–water partition coefficient (Wildman–Crippen LogP) is 4.18. The average Bonchev–Trinajstić information content (AvgIpc) is 2.81. The van der Waals surface area contributed by atoms with Crippen molar-refractivity contribution in [2.24, 2.45) is 0 Å². The molecule has 3 heterocycles. The van der Waals surface area contributed by atoms with Crippen LogP contribution in [0.15, 0.2) is 18.3 Å². The van der Waals surface area contributed by atoms with Crippen molar-refractivity contribution in [3.05, 3.63) is 34.6 Å². The minimum absolute atomic E-state index is 0.664. The molecule has 1 aliphatic carbocycles. The lowest BCUT2D eigenvalue weighted by Crippen LogP contribution is -2.41. The Morgan fingerprint density at radius 2 is 1.92 bits per heavy atom. The van der Waals surface area contributed by atoms with E-state index in [-0.39, 0.29) is 0 Å². The Kier molecular flexibility index (Phi) is 4.08. The average molecular weight is 353 g/mol. The minimum atomic E-state index is -4.40. The molecule has 1 fully saturated rings. The van der Waals surface area contributed by atoms with Gasteiger partial charge in [-0.2, -0.15) is 13.2 Å². The van der Waals surface area contributed by atoms with E-state index in [0.29, 0.717) is 5.56 Å². The smallest absolute Gasteiger partial charge is 0.300 e. The monoisotopic (exact) mass is 353 g/mol. The van der Waals surface area contributed by atoms with Crippen molar-refractivity contribution in [1.82, 2.24) is 14.9 Å². The highest BCUT2D eigenvalue weighted by Gasteiger charge is 2.32. The van der Waals surface area contributed by atoms with E-state index >= 15 is 0 Å². The summed E-state index contributed by atoms with van der Waals surface area (Å²) in [6.45, 7) is 2.09. The minimum Gasteiger partial charge on any atom is -0.300 e. The summed E-state index contributed by atoms with van der Waals surface area (Å²) in [6.07, 6.45) is 2.75. The van der Waals surface area contributed by atoms with E-state index in [1.807, 2.05) is 0 Å².